The topological polar surface area (TPSA) is 131 Å². The standard InChI is InChI=1S/C29H35FN6O4.ClH/c1-17(2)36-25-13-23(30)24(12-22(25)27(38)35(29(36)40)15-19-5-6-19)33-28(39)34-11-3-4-21(16-34)32-26(37)20-9-7-18(14-31)8-10-20;/h7-10,12-13,17,19,21H,3-6,11,14-16,31H2,1-2H3,(H,32,37)(H,33,39);1H/t21-;/m1./s1. The number of piperidine rings is 1. The highest BCUT2D eigenvalue weighted by Gasteiger charge is 2.28. The minimum Gasteiger partial charge on any atom is -0.348 e. The quantitative estimate of drug-likeness (QED) is 0.389. The van der Waals surface area contributed by atoms with Crippen LogP contribution < -0.4 is 27.6 Å². The summed E-state index contributed by atoms with van der Waals surface area (Å²) in [6, 6.07) is 8.41. The molecular weight excluding hydrogens is 551 g/mol. The van der Waals surface area contributed by atoms with E-state index >= 15 is 4.39 Å². The van der Waals surface area contributed by atoms with Crippen LogP contribution in [-0.2, 0) is 13.1 Å². The van der Waals surface area contributed by atoms with E-state index in [0.29, 0.717) is 44.0 Å². The van der Waals surface area contributed by atoms with Crippen molar-refractivity contribution in [3.05, 3.63) is 74.2 Å². The molecule has 2 aliphatic rings. The Hall–Kier alpha value is -3.70. The van der Waals surface area contributed by atoms with Crippen molar-refractivity contribution in [3.63, 3.8) is 0 Å². The molecule has 2 aromatic carbocycles. The molecule has 12 heteroatoms. The van der Waals surface area contributed by atoms with Gasteiger partial charge in [0.2, 0.25) is 0 Å². The molecule has 220 valence electrons. The van der Waals surface area contributed by atoms with Gasteiger partial charge in [-0.05, 0) is 69.2 Å². The van der Waals surface area contributed by atoms with E-state index in [1.54, 1.807) is 38.1 Å². The highest BCUT2D eigenvalue weighted by atomic mass is 35.5. The maximum atomic E-state index is 15.2. The average Bonchev–Trinajstić information content (AvgIpc) is 3.76. The summed E-state index contributed by atoms with van der Waals surface area (Å²) in [5, 5.41) is 5.75. The maximum Gasteiger partial charge on any atom is 0.331 e. The van der Waals surface area contributed by atoms with Crippen LogP contribution in [0.1, 0.15) is 61.5 Å². The van der Waals surface area contributed by atoms with Gasteiger partial charge in [-0.1, -0.05) is 12.1 Å². The second-order valence-electron chi connectivity index (χ2n) is 11.0. The second-order valence-corrected chi connectivity index (χ2v) is 11.0. The Morgan fingerprint density at radius 3 is 2.44 bits per heavy atom. The zero-order valence-electron chi connectivity index (χ0n) is 23.2. The lowest BCUT2D eigenvalue weighted by atomic mass is 10.0. The van der Waals surface area contributed by atoms with Gasteiger partial charge in [-0.3, -0.25) is 18.7 Å². The Balaban J connectivity index is 0.00000387. The zero-order valence-corrected chi connectivity index (χ0v) is 24.0. The molecule has 3 aromatic rings. The molecule has 0 unspecified atom stereocenters. The van der Waals surface area contributed by atoms with Crippen LogP contribution in [0, 0.1) is 11.7 Å². The van der Waals surface area contributed by atoms with Crippen molar-refractivity contribution in [3.8, 4) is 0 Å². The van der Waals surface area contributed by atoms with Gasteiger partial charge in [-0.2, -0.15) is 0 Å². The number of benzene rings is 2. The van der Waals surface area contributed by atoms with Crippen LogP contribution in [0.3, 0.4) is 0 Å². The largest absolute Gasteiger partial charge is 0.348 e. The van der Waals surface area contributed by atoms with Crippen LogP contribution in [0.2, 0.25) is 0 Å². The summed E-state index contributed by atoms with van der Waals surface area (Å²) >= 11 is 0. The molecule has 1 aliphatic carbocycles. The molecule has 1 aliphatic heterocycles. The SMILES string of the molecule is CC(C)n1c(=O)n(CC2CC2)c(=O)c2cc(NC(=O)N3CCC[C@@H](NC(=O)c4ccc(CN)cc4)C3)c(F)cc21.Cl. The normalized spacial score (nSPS) is 16.9. The number of nitrogens with zero attached hydrogens (tertiary/aromatic N) is 3. The van der Waals surface area contributed by atoms with Gasteiger partial charge in [-0.25, -0.2) is 14.0 Å². The molecule has 1 saturated carbocycles. The third-order valence-electron chi connectivity index (χ3n) is 7.65. The maximum absolute atomic E-state index is 15.2. The van der Waals surface area contributed by atoms with Crippen LogP contribution in [-0.4, -0.2) is 45.1 Å². The molecular formula is C29H36ClFN6O4. The van der Waals surface area contributed by atoms with Crippen molar-refractivity contribution in [2.45, 2.75) is 64.7 Å². The number of hydrogen-bond donors (Lipinski definition) is 3. The van der Waals surface area contributed by atoms with Gasteiger partial charge in [-0.15, -0.1) is 12.4 Å². The predicted octanol–water partition coefficient (Wildman–Crippen LogP) is 3.60. The van der Waals surface area contributed by atoms with Crippen molar-refractivity contribution in [2.75, 3.05) is 18.4 Å². The van der Waals surface area contributed by atoms with E-state index in [1.807, 2.05) is 0 Å². The number of aromatic nitrogens is 2. The summed E-state index contributed by atoms with van der Waals surface area (Å²) in [6.45, 7) is 5.04. The molecule has 2 heterocycles. The number of fused-ring (bicyclic) bond motifs is 1. The Labute approximate surface area is 243 Å². The molecule has 1 atom stereocenters. The number of nitrogens with two attached hydrogens (primary N) is 1. The number of urea groups is 1. The Kier molecular flexibility index (Phi) is 9.18. The van der Waals surface area contributed by atoms with Gasteiger partial charge in [0.25, 0.3) is 11.5 Å². The highest BCUT2D eigenvalue weighted by Crippen LogP contribution is 2.30. The third-order valence-corrected chi connectivity index (χ3v) is 7.65. The zero-order chi connectivity index (χ0) is 28.6. The number of amides is 3. The molecule has 1 aromatic heterocycles. The van der Waals surface area contributed by atoms with E-state index in [0.717, 1.165) is 24.5 Å². The fraction of sp³-hybridized carbons (Fsp3) is 0.448. The summed E-state index contributed by atoms with van der Waals surface area (Å²) in [7, 11) is 0. The van der Waals surface area contributed by atoms with Crippen LogP contribution in [0.4, 0.5) is 14.9 Å². The van der Waals surface area contributed by atoms with E-state index in [4.69, 9.17) is 5.73 Å². The Morgan fingerprint density at radius 2 is 1.80 bits per heavy atom. The smallest absolute Gasteiger partial charge is 0.331 e. The summed E-state index contributed by atoms with van der Waals surface area (Å²) in [4.78, 5) is 53.8. The third kappa shape index (κ3) is 6.46. The number of carbonyl (C=O) groups is 2. The molecule has 0 radical (unpaired) electrons. The predicted molar refractivity (Wildman–Crippen MR) is 158 cm³/mol. The first-order valence-electron chi connectivity index (χ1n) is 13.8. The number of halogens is 2. The van der Waals surface area contributed by atoms with Crippen LogP contribution in [0.5, 0.6) is 0 Å². The number of rotatable bonds is 7. The van der Waals surface area contributed by atoms with E-state index in [1.165, 1.54) is 20.1 Å². The lowest BCUT2D eigenvalue weighted by Gasteiger charge is -2.33. The number of carbonyl (C=O) groups excluding carboxylic acids is 2. The Morgan fingerprint density at radius 1 is 1.10 bits per heavy atom. The van der Waals surface area contributed by atoms with Gasteiger partial charge in [0.15, 0.2) is 0 Å². The average molecular weight is 587 g/mol. The second kappa shape index (κ2) is 12.4. The van der Waals surface area contributed by atoms with Crippen LogP contribution >= 0.6 is 12.4 Å². The first kappa shape index (κ1) is 30.3. The molecule has 10 nitrogen and oxygen atoms in total. The minimum atomic E-state index is -0.739. The molecule has 0 spiro atoms. The van der Waals surface area contributed by atoms with E-state index in [9.17, 15) is 19.2 Å². The lowest BCUT2D eigenvalue weighted by molar-refractivity contribution is 0.0913. The van der Waals surface area contributed by atoms with Crippen molar-refractivity contribution in [1.29, 1.82) is 0 Å². The fourth-order valence-electron chi connectivity index (χ4n) is 5.25. The first-order valence-corrected chi connectivity index (χ1v) is 13.8. The van der Waals surface area contributed by atoms with Gasteiger partial charge >= 0.3 is 11.7 Å². The first-order chi connectivity index (χ1) is 19.2. The number of anilines is 1. The van der Waals surface area contributed by atoms with E-state index < -0.39 is 23.1 Å². The highest BCUT2D eigenvalue weighted by molar-refractivity contribution is 5.95. The molecule has 5 rings (SSSR count). The van der Waals surface area contributed by atoms with Gasteiger partial charge in [0.05, 0.1) is 16.6 Å². The molecule has 2 fully saturated rings. The van der Waals surface area contributed by atoms with Gasteiger partial charge in [0.1, 0.15) is 5.82 Å². The van der Waals surface area contributed by atoms with Gasteiger partial charge in [0, 0.05) is 49.9 Å². The number of hydrogen-bond acceptors (Lipinski definition) is 5. The van der Waals surface area contributed by atoms with Crippen LogP contribution in [0.25, 0.3) is 10.9 Å². The van der Waals surface area contributed by atoms with Crippen molar-refractivity contribution >= 4 is 40.9 Å². The monoisotopic (exact) mass is 586 g/mol. The molecule has 3 amide bonds. The summed E-state index contributed by atoms with van der Waals surface area (Å²) in [5.41, 5.74) is 6.18. The van der Waals surface area contributed by atoms with Gasteiger partial charge < -0.3 is 21.3 Å². The van der Waals surface area contributed by atoms with E-state index in [2.05, 4.69) is 10.6 Å². The fourth-order valence-corrected chi connectivity index (χ4v) is 5.25. The van der Waals surface area contributed by atoms with E-state index in [-0.39, 0.29) is 53.5 Å². The minimum absolute atomic E-state index is 0. The molecule has 4 N–H and O–H groups in total. The van der Waals surface area contributed by atoms with Crippen LogP contribution in [0.15, 0.2) is 46.0 Å². The summed E-state index contributed by atoms with van der Waals surface area (Å²) < 4.78 is 17.9. The van der Waals surface area contributed by atoms with Crippen molar-refractivity contribution in [1.82, 2.24) is 19.4 Å². The molecule has 0 bridgehead atoms. The van der Waals surface area contributed by atoms with Crippen molar-refractivity contribution < 1.29 is 14.0 Å². The summed E-state index contributed by atoms with van der Waals surface area (Å²) in [5.74, 6) is -0.687. The van der Waals surface area contributed by atoms with Crippen molar-refractivity contribution in [2.24, 2.45) is 11.7 Å². The number of nitrogens with one attached hydrogen (secondary N) is 2. The molecule has 41 heavy (non-hydrogen) atoms. The number of likely N-dealkylation sites (tertiary alicyclic amines) is 1. The molecule has 1 saturated heterocycles. The lowest BCUT2D eigenvalue weighted by Crippen LogP contribution is -2.50. The summed E-state index contributed by atoms with van der Waals surface area (Å²) in [6.07, 6.45) is 3.30. The Bertz CT molecular complexity index is 1560.